The summed E-state index contributed by atoms with van der Waals surface area (Å²) in [5, 5.41) is 6.71. The van der Waals surface area contributed by atoms with Crippen LogP contribution in [-0.4, -0.2) is 46.5 Å². The largest absolute Gasteiger partial charge is 0.496 e. The summed E-state index contributed by atoms with van der Waals surface area (Å²) in [7, 11) is 3.48. The van der Waals surface area contributed by atoms with Crippen molar-refractivity contribution in [3.05, 3.63) is 65.2 Å². The van der Waals surface area contributed by atoms with Crippen LogP contribution in [0.15, 0.2) is 53.5 Å². The molecule has 0 unspecified atom stereocenters. The smallest absolute Gasteiger partial charge is 0.191 e. The number of guanidine groups is 1. The van der Waals surface area contributed by atoms with E-state index >= 15 is 0 Å². The number of nitrogens with zero attached hydrogens (tertiary/aromatic N) is 1. The number of benzene rings is 2. The lowest BCUT2D eigenvalue weighted by Crippen LogP contribution is -2.37. The molecule has 2 aromatic carbocycles. The van der Waals surface area contributed by atoms with Crippen LogP contribution in [-0.2, 0) is 29.0 Å². The fraction of sp³-hybridized carbons (Fsp3) is 0.435. The van der Waals surface area contributed by atoms with Gasteiger partial charge in [-0.05, 0) is 36.1 Å². The molecule has 158 valence electrons. The Labute approximate surface area is 174 Å². The van der Waals surface area contributed by atoms with Gasteiger partial charge in [0, 0.05) is 26.7 Å². The van der Waals surface area contributed by atoms with Gasteiger partial charge in [0.25, 0.3) is 0 Å². The lowest BCUT2D eigenvalue weighted by Gasteiger charge is -2.13. The van der Waals surface area contributed by atoms with Crippen LogP contribution in [0.25, 0.3) is 0 Å². The first kappa shape index (κ1) is 22.7. The Bertz CT molecular complexity index is 750. The fourth-order valence-corrected chi connectivity index (χ4v) is 2.91. The molecule has 0 saturated heterocycles. The first-order valence-corrected chi connectivity index (χ1v) is 10.1. The van der Waals surface area contributed by atoms with Gasteiger partial charge in [-0.2, -0.15) is 0 Å². The van der Waals surface area contributed by atoms with Gasteiger partial charge in [-0.1, -0.05) is 42.5 Å². The number of para-hydroxylation sites is 1. The van der Waals surface area contributed by atoms with Crippen molar-refractivity contribution < 1.29 is 14.2 Å². The Kier molecular flexibility index (Phi) is 10.6. The Morgan fingerprint density at radius 3 is 2.55 bits per heavy atom. The van der Waals surface area contributed by atoms with Gasteiger partial charge < -0.3 is 24.8 Å². The third-order valence-electron chi connectivity index (χ3n) is 4.40. The SMILES string of the molecule is CCOCCOCc1cccc(CNC(=NC)NCCc2ccccc2OC)c1. The van der Waals surface area contributed by atoms with E-state index in [1.54, 1.807) is 14.2 Å². The molecule has 29 heavy (non-hydrogen) atoms. The van der Waals surface area contributed by atoms with Gasteiger partial charge in [-0.25, -0.2) is 0 Å². The number of aliphatic imine (C=N–C) groups is 1. The van der Waals surface area contributed by atoms with Crippen molar-refractivity contribution in [2.24, 2.45) is 4.99 Å². The highest BCUT2D eigenvalue weighted by molar-refractivity contribution is 5.79. The number of methoxy groups -OCH3 is 1. The molecule has 6 heteroatoms. The zero-order chi connectivity index (χ0) is 20.7. The van der Waals surface area contributed by atoms with Gasteiger partial charge in [0.05, 0.1) is 26.9 Å². The first-order chi connectivity index (χ1) is 14.3. The summed E-state index contributed by atoms with van der Waals surface area (Å²) in [6.07, 6.45) is 0.860. The van der Waals surface area contributed by atoms with E-state index in [1.165, 1.54) is 11.1 Å². The average Bonchev–Trinajstić information content (AvgIpc) is 2.76. The summed E-state index contributed by atoms with van der Waals surface area (Å²) in [6, 6.07) is 16.4. The van der Waals surface area contributed by atoms with E-state index in [9.17, 15) is 0 Å². The van der Waals surface area contributed by atoms with Gasteiger partial charge in [0.15, 0.2) is 5.96 Å². The Balaban J connectivity index is 1.75. The quantitative estimate of drug-likeness (QED) is 0.326. The molecule has 2 aromatic rings. The molecule has 2 rings (SSSR count). The Morgan fingerprint density at radius 2 is 1.76 bits per heavy atom. The zero-order valence-electron chi connectivity index (χ0n) is 17.7. The molecule has 0 spiro atoms. The molecule has 2 N–H and O–H groups in total. The molecule has 0 atom stereocenters. The monoisotopic (exact) mass is 399 g/mol. The number of ether oxygens (including phenoxy) is 3. The van der Waals surface area contributed by atoms with Crippen LogP contribution >= 0.6 is 0 Å². The predicted octanol–water partition coefficient (Wildman–Crippen LogP) is 3.16. The minimum Gasteiger partial charge on any atom is -0.496 e. The molecule has 0 aromatic heterocycles. The summed E-state index contributed by atoms with van der Waals surface area (Å²) >= 11 is 0. The van der Waals surface area contributed by atoms with Gasteiger partial charge in [-0.15, -0.1) is 0 Å². The van der Waals surface area contributed by atoms with Crippen molar-refractivity contribution in [1.29, 1.82) is 0 Å². The topological polar surface area (TPSA) is 64.1 Å². The third-order valence-corrected chi connectivity index (χ3v) is 4.40. The van der Waals surface area contributed by atoms with E-state index in [2.05, 4.69) is 46.0 Å². The number of hydrogen-bond acceptors (Lipinski definition) is 4. The van der Waals surface area contributed by atoms with Gasteiger partial charge in [0.1, 0.15) is 5.75 Å². The molecule has 0 fully saturated rings. The molecule has 0 radical (unpaired) electrons. The molecule has 0 aliphatic heterocycles. The van der Waals surface area contributed by atoms with E-state index < -0.39 is 0 Å². The van der Waals surface area contributed by atoms with Gasteiger partial charge in [0.2, 0.25) is 0 Å². The van der Waals surface area contributed by atoms with Crippen molar-refractivity contribution in [2.75, 3.05) is 40.5 Å². The Morgan fingerprint density at radius 1 is 0.966 bits per heavy atom. The van der Waals surface area contributed by atoms with Gasteiger partial charge >= 0.3 is 0 Å². The molecule has 0 saturated carbocycles. The minimum absolute atomic E-state index is 0.590. The minimum atomic E-state index is 0.590. The van der Waals surface area contributed by atoms with E-state index in [0.717, 1.165) is 36.8 Å². The second kappa shape index (κ2) is 13.6. The van der Waals surface area contributed by atoms with E-state index in [0.29, 0.717) is 26.4 Å². The third kappa shape index (κ3) is 8.54. The molecule has 0 aliphatic carbocycles. The summed E-state index contributed by atoms with van der Waals surface area (Å²) in [5.74, 6) is 1.69. The predicted molar refractivity (Wildman–Crippen MR) is 117 cm³/mol. The molecular formula is C23H33N3O3. The fourth-order valence-electron chi connectivity index (χ4n) is 2.91. The normalized spacial score (nSPS) is 11.3. The highest BCUT2D eigenvalue weighted by Gasteiger charge is 2.03. The van der Waals surface area contributed by atoms with Crippen LogP contribution in [0.5, 0.6) is 5.75 Å². The van der Waals surface area contributed by atoms with Gasteiger partial charge in [-0.3, -0.25) is 4.99 Å². The van der Waals surface area contributed by atoms with Crippen LogP contribution in [0, 0.1) is 0 Å². The number of nitrogens with one attached hydrogen (secondary N) is 2. The van der Waals surface area contributed by atoms with Crippen LogP contribution < -0.4 is 15.4 Å². The molecule has 0 heterocycles. The van der Waals surface area contributed by atoms with E-state index in [4.69, 9.17) is 14.2 Å². The van der Waals surface area contributed by atoms with Crippen LogP contribution in [0.3, 0.4) is 0 Å². The van der Waals surface area contributed by atoms with E-state index in [1.807, 2.05) is 25.1 Å². The zero-order valence-corrected chi connectivity index (χ0v) is 17.7. The summed E-state index contributed by atoms with van der Waals surface area (Å²) in [6.45, 7) is 6.01. The summed E-state index contributed by atoms with van der Waals surface area (Å²) < 4.78 is 16.3. The first-order valence-electron chi connectivity index (χ1n) is 10.1. The number of rotatable bonds is 12. The summed E-state index contributed by atoms with van der Waals surface area (Å²) in [5.41, 5.74) is 3.51. The lowest BCUT2D eigenvalue weighted by molar-refractivity contribution is 0.0453. The van der Waals surface area contributed by atoms with Crippen molar-refractivity contribution in [3.8, 4) is 5.75 Å². The highest BCUT2D eigenvalue weighted by atomic mass is 16.5. The summed E-state index contributed by atoms with van der Waals surface area (Å²) in [4.78, 5) is 4.30. The maximum Gasteiger partial charge on any atom is 0.191 e. The molecule has 0 aliphatic rings. The molecule has 6 nitrogen and oxygen atoms in total. The molecule has 0 amide bonds. The van der Waals surface area contributed by atoms with Crippen LogP contribution in [0.2, 0.25) is 0 Å². The second-order valence-electron chi connectivity index (χ2n) is 6.48. The van der Waals surface area contributed by atoms with Crippen molar-refractivity contribution in [1.82, 2.24) is 10.6 Å². The molecular weight excluding hydrogens is 366 g/mol. The van der Waals surface area contributed by atoms with Crippen molar-refractivity contribution >= 4 is 5.96 Å². The van der Waals surface area contributed by atoms with Crippen LogP contribution in [0.4, 0.5) is 0 Å². The highest BCUT2D eigenvalue weighted by Crippen LogP contribution is 2.17. The average molecular weight is 400 g/mol. The standard InChI is InChI=1S/C23H33N3O3/c1-4-28-14-15-29-18-20-9-7-8-19(16-20)17-26-23(24-2)25-13-12-21-10-5-6-11-22(21)27-3/h5-11,16H,4,12-15,17-18H2,1-3H3,(H2,24,25,26). The maximum absolute atomic E-state index is 5.65. The maximum atomic E-state index is 5.65. The van der Waals surface area contributed by atoms with Crippen LogP contribution in [0.1, 0.15) is 23.6 Å². The second-order valence-corrected chi connectivity index (χ2v) is 6.48. The lowest BCUT2D eigenvalue weighted by atomic mass is 10.1. The van der Waals surface area contributed by atoms with Crippen molar-refractivity contribution in [2.45, 2.75) is 26.5 Å². The van der Waals surface area contributed by atoms with E-state index in [-0.39, 0.29) is 0 Å². The van der Waals surface area contributed by atoms with Crippen molar-refractivity contribution in [3.63, 3.8) is 0 Å². The Hall–Kier alpha value is -2.57. The molecule has 0 bridgehead atoms. The number of hydrogen-bond donors (Lipinski definition) is 2.